The SMILES string of the molecule is Cc1ccc2c(c1O)C(=O)C1=C(O)[C@]3(O)C(=O)C(C(N)=O)=C(O)[C@@H](N(C)C)[C@@H]3[C@@H](O)[C@@H]1[C@H]2C. The Balaban J connectivity index is 2.07. The molecular weight excluding hydrogens is 432 g/mol. The number of hydrogen-bond acceptors (Lipinski definition) is 9. The average Bonchev–Trinajstić information content (AvgIpc) is 2.72. The highest BCUT2D eigenvalue weighted by Crippen LogP contribution is 2.55. The first-order chi connectivity index (χ1) is 15.3. The molecule has 0 heterocycles. The van der Waals surface area contributed by atoms with Gasteiger partial charge in [0.1, 0.15) is 22.8 Å². The summed E-state index contributed by atoms with van der Waals surface area (Å²) in [4.78, 5) is 40.1. The largest absolute Gasteiger partial charge is 0.510 e. The maximum Gasteiger partial charge on any atom is 0.255 e. The van der Waals surface area contributed by atoms with Crippen molar-refractivity contribution in [3.8, 4) is 5.75 Å². The van der Waals surface area contributed by atoms with Gasteiger partial charge in [0.05, 0.1) is 23.6 Å². The van der Waals surface area contributed by atoms with Gasteiger partial charge in [-0.25, -0.2) is 0 Å². The summed E-state index contributed by atoms with van der Waals surface area (Å²) in [5, 5.41) is 55.5. The molecule has 3 aliphatic carbocycles. The first-order valence-corrected chi connectivity index (χ1v) is 10.4. The number of hydrogen-bond donors (Lipinski definition) is 6. The van der Waals surface area contributed by atoms with Crippen LogP contribution in [0.4, 0.5) is 0 Å². The third-order valence-electron chi connectivity index (χ3n) is 7.33. The van der Waals surface area contributed by atoms with E-state index in [0.29, 0.717) is 11.1 Å². The number of phenols is 1. The summed E-state index contributed by atoms with van der Waals surface area (Å²) in [6, 6.07) is 1.99. The van der Waals surface area contributed by atoms with Gasteiger partial charge in [0.25, 0.3) is 5.91 Å². The lowest BCUT2D eigenvalue weighted by Crippen LogP contribution is -2.68. The van der Waals surface area contributed by atoms with Crippen LogP contribution in [0.3, 0.4) is 0 Å². The molecule has 0 bridgehead atoms. The Morgan fingerprint density at radius 3 is 2.30 bits per heavy atom. The lowest BCUT2D eigenvalue weighted by Gasteiger charge is -2.53. The second-order valence-corrected chi connectivity index (χ2v) is 9.25. The Bertz CT molecular complexity index is 1180. The molecule has 176 valence electrons. The second-order valence-electron chi connectivity index (χ2n) is 9.25. The smallest absolute Gasteiger partial charge is 0.255 e. The van der Waals surface area contributed by atoms with Crippen molar-refractivity contribution in [2.75, 3.05) is 14.1 Å². The van der Waals surface area contributed by atoms with Crippen molar-refractivity contribution in [2.45, 2.75) is 37.5 Å². The number of amides is 1. The van der Waals surface area contributed by atoms with E-state index in [4.69, 9.17) is 5.73 Å². The highest BCUT2D eigenvalue weighted by molar-refractivity contribution is 6.25. The van der Waals surface area contributed by atoms with Gasteiger partial charge >= 0.3 is 0 Å². The minimum Gasteiger partial charge on any atom is -0.510 e. The normalized spacial score (nSPS) is 33.7. The summed E-state index contributed by atoms with van der Waals surface area (Å²) in [6.07, 6.45) is -1.59. The van der Waals surface area contributed by atoms with Gasteiger partial charge in [-0.2, -0.15) is 0 Å². The van der Waals surface area contributed by atoms with Gasteiger partial charge < -0.3 is 31.3 Å². The molecule has 0 aromatic heterocycles. The van der Waals surface area contributed by atoms with Crippen LogP contribution in [0.1, 0.15) is 34.3 Å². The first-order valence-electron chi connectivity index (χ1n) is 10.4. The summed E-state index contributed by atoms with van der Waals surface area (Å²) in [7, 11) is 2.98. The minimum atomic E-state index is -2.90. The minimum absolute atomic E-state index is 0.0875. The van der Waals surface area contributed by atoms with E-state index in [-0.39, 0.29) is 11.3 Å². The molecule has 0 unspecified atom stereocenters. The lowest BCUT2D eigenvalue weighted by molar-refractivity contribution is -0.162. The quantitative estimate of drug-likeness (QED) is 0.331. The zero-order valence-electron chi connectivity index (χ0n) is 18.5. The van der Waals surface area contributed by atoms with Gasteiger partial charge in [-0.3, -0.25) is 19.3 Å². The van der Waals surface area contributed by atoms with Crippen LogP contribution in [-0.2, 0) is 9.59 Å². The van der Waals surface area contributed by atoms with Crippen LogP contribution in [0.25, 0.3) is 0 Å². The van der Waals surface area contributed by atoms with Gasteiger partial charge in [0.15, 0.2) is 11.4 Å². The molecule has 0 radical (unpaired) electrons. The van der Waals surface area contributed by atoms with Gasteiger partial charge in [-0.05, 0) is 38.1 Å². The van der Waals surface area contributed by atoms with Gasteiger partial charge in [-0.1, -0.05) is 19.1 Å². The summed E-state index contributed by atoms with van der Waals surface area (Å²) in [5.74, 6) is -8.81. The van der Waals surface area contributed by atoms with Crippen LogP contribution in [0.15, 0.2) is 34.8 Å². The highest BCUT2D eigenvalue weighted by Gasteiger charge is 2.67. The zero-order chi connectivity index (χ0) is 24.7. The van der Waals surface area contributed by atoms with Gasteiger partial charge in [0.2, 0.25) is 5.78 Å². The highest BCUT2D eigenvalue weighted by atomic mass is 16.4. The molecule has 0 saturated heterocycles. The number of nitrogens with zero attached hydrogens (tertiary/aromatic N) is 1. The number of aliphatic hydroxyl groups is 4. The van der Waals surface area contributed by atoms with Crippen molar-refractivity contribution in [1.29, 1.82) is 0 Å². The zero-order valence-corrected chi connectivity index (χ0v) is 18.5. The predicted octanol–water partition coefficient (Wildman–Crippen LogP) is -0.0392. The number of aromatic hydroxyl groups is 1. The molecular formula is C23H26N2O8. The summed E-state index contributed by atoms with van der Waals surface area (Å²) >= 11 is 0. The van der Waals surface area contributed by atoms with E-state index in [1.807, 2.05) is 0 Å². The van der Waals surface area contributed by atoms with Crippen LogP contribution in [0.2, 0.25) is 0 Å². The number of likely N-dealkylation sites (N-methyl/N-ethyl adjacent to an activating group) is 1. The van der Waals surface area contributed by atoms with E-state index in [1.54, 1.807) is 26.0 Å². The number of carbonyl (C=O) groups is 3. The monoisotopic (exact) mass is 458 g/mol. The maximum atomic E-state index is 13.5. The van der Waals surface area contributed by atoms with E-state index in [1.165, 1.54) is 19.0 Å². The topological polar surface area (TPSA) is 182 Å². The van der Waals surface area contributed by atoms with Gasteiger partial charge in [0, 0.05) is 11.5 Å². The van der Waals surface area contributed by atoms with E-state index < -0.39 is 75.6 Å². The van der Waals surface area contributed by atoms with Crippen molar-refractivity contribution in [3.05, 3.63) is 51.5 Å². The molecule has 0 spiro atoms. The van der Waals surface area contributed by atoms with Crippen LogP contribution in [-0.4, -0.2) is 79.7 Å². The van der Waals surface area contributed by atoms with Gasteiger partial charge in [-0.15, -0.1) is 0 Å². The van der Waals surface area contributed by atoms with Crippen molar-refractivity contribution < 1.29 is 39.9 Å². The van der Waals surface area contributed by atoms with Crippen LogP contribution >= 0.6 is 0 Å². The van der Waals surface area contributed by atoms with Crippen molar-refractivity contribution in [3.63, 3.8) is 0 Å². The summed E-state index contributed by atoms with van der Waals surface area (Å²) < 4.78 is 0. The molecule has 0 saturated carbocycles. The number of aryl methyl sites for hydroxylation is 1. The maximum absolute atomic E-state index is 13.5. The number of rotatable bonds is 2. The predicted molar refractivity (Wildman–Crippen MR) is 115 cm³/mol. The number of Topliss-reactive ketones (excluding diaryl/α,β-unsaturated/α-hetero) is 2. The molecule has 4 rings (SSSR count). The number of benzene rings is 1. The van der Waals surface area contributed by atoms with Crippen LogP contribution in [0.5, 0.6) is 5.75 Å². The Labute approximate surface area is 189 Å². The van der Waals surface area contributed by atoms with E-state index in [2.05, 4.69) is 0 Å². The average molecular weight is 458 g/mol. The number of fused-ring (bicyclic) bond motifs is 3. The van der Waals surface area contributed by atoms with Crippen LogP contribution < -0.4 is 5.73 Å². The molecule has 0 aliphatic heterocycles. The molecule has 1 aromatic carbocycles. The fraction of sp³-hybridized carbons (Fsp3) is 0.435. The molecule has 33 heavy (non-hydrogen) atoms. The van der Waals surface area contributed by atoms with Crippen molar-refractivity contribution in [2.24, 2.45) is 17.6 Å². The number of primary amides is 1. The molecule has 1 amide bonds. The third kappa shape index (κ3) is 2.68. The van der Waals surface area contributed by atoms with Crippen molar-refractivity contribution in [1.82, 2.24) is 4.90 Å². The fourth-order valence-electron chi connectivity index (χ4n) is 5.73. The van der Waals surface area contributed by atoms with Crippen molar-refractivity contribution >= 4 is 17.5 Å². The number of ketones is 2. The molecule has 10 nitrogen and oxygen atoms in total. The summed E-state index contributed by atoms with van der Waals surface area (Å²) in [6.45, 7) is 3.28. The summed E-state index contributed by atoms with van der Waals surface area (Å²) in [5.41, 5.74) is 1.81. The second kappa shape index (κ2) is 7.14. The third-order valence-corrected chi connectivity index (χ3v) is 7.33. The Morgan fingerprint density at radius 1 is 1.15 bits per heavy atom. The lowest BCUT2D eigenvalue weighted by atomic mass is 9.55. The van der Waals surface area contributed by atoms with Crippen LogP contribution in [0, 0.1) is 18.8 Å². The van der Waals surface area contributed by atoms with E-state index in [9.17, 15) is 39.9 Å². The van der Waals surface area contributed by atoms with E-state index in [0.717, 1.165) is 0 Å². The molecule has 7 N–H and O–H groups in total. The Kier molecular flexibility index (Phi) is 4.97. The number of carbonyl (C=O) groups excluding carboxylic acids is 3. The molecule has 3 aliphatic rings. The molecule has 6 atom stereocenters. The van der Waals surface area contributed by atoms with E-state index >= 15 is 0 Å². The standard InChI is InChI=1S/C23H26N2O8/c1-7-5-6-9-8(2)10-12(17(27)11(9)16(7)26)20(30)23(33)14(18(10)28)15(25(3)4)19(29)13(21(23)31)22(24)32/h5-6,8,10,14-15,18,26,28-30,33H,1-4H3,(H2,24,32)/t8-,10+,14+,15-,18-,23-/m0/s1. The number of nitrogens with two attached hydrogens (primary N) is 1. The Morgan fingerprint density at radius 2 is 1.76 bits per heavy atom. The fourth-order valence-corrected chi connectivity index (χ4v) is 5.73. The number of aliphatic hydroxyl groups excluding tert-OH is 3. The number of phenolic OH excluding ortho intramolecular Hbond substituents is 1. The Hall–Kier alpha value is -3.21. The first kappa shape index (κ1) is 23.0. The molecule has 10 heteroatoms. The molecule has 0 fully saturated rings. The molecule has 1 aromatic rings.